The van der Waals surface area contributed by atoms with Crippen LogP contribution in [0.1, 0.15) is 45.4 Å². The van der Waals surface area contributed by atoms with E-state index in [0.717, 1.165) is 19.3 Å². The second-order valence-electron chi connectivity index (χ2n) is 7.10. The molecule has 25 heavy (non-hydrogen) atoms. The predicted molar refractivity (Wildman–Crippen MR) is 97.9 cm³/mol. The molecule has 0 spiro atoms. The fourth-order valence-electron chi connectivity index (χ4n) is 3.84. The van der Waals surface area contributed by atoms with Crippen LogP contribution in [0.2, 0.25) is 5.02 Å². The zero-order chi connectivity index (χ0) is 18.0. The summed E-state index contributed by atoms with van der Waals surface area (Å²) in [6, 6.07) is 5.64. The molecule has 7 heteroatoms. The first-order valence-corrected chi connectivity index (χ1v) is 10.8. The highest BCUT2D eigenvalue weighted by Gasteiger charge is 2.40. The number of hydrogen-bond donors (Lipinski definition) is 1. The van der Waals surface area contributed by atoms with Crippen LogP contribution in [0.4, 0.5) is 0 Å². The topological polar surface area (TPSA) is 66.5 Å². The van der Waals surface area contributed by atoms with Crippen LogP contribution in [-0.4, -0.2) is 37.3 Å². The van der Waals surface area contributed by atoms with Crippen molar-refractivity contribution in [2.24, 2.45) is 5.92 Å². The zero-order valence-corrected chi connectivity index (χ0v) is 16.0. The second kappa shape index (κ2) is 7.64. The third kappa shape index (κ3) is 4.01. The summed E-state index contributed by atoms with van der Waals surface area (Å²) in [6.45, 7) is 2.53. The third-order valence-corrected chi connectivity index (χ3v) is 7.54. The minimum absolute atomic E-state index is 0.155. The van der Waals surface area contributed by atoms with E-state index in [2.05, 4.69) is 12.2 Å². The monoisotopic (exact) mass is 384 g/mol. The molecule has 3 rings (SSSR count). The molecule has 5 nitrogen and oxygen atoms in total. The van der Waals surface area contributed by atoms with Crippen LogP contribution in [-0.2, 0) is 14.8 Å². The lowest BCUT2D eigenvalue weighted by Crippen LogP contribution is -2.50. The third-order valence-electron chi connectivity index (χ3n) is 5.37. The fraction of sp³-hybridized carbons (Fsp3) is 0.611. The number of benzene rings is 1. The van der Waals surface area contributed by atoms with Gasteiger partial charge in [0.15, 0.2) is 0 Å². The Morgan fingerprint density at radius 1 is 1.12 bits per heavy atom. The Balaban J connectivity index is 1.75. The van der Waals surface area contributed by atoms with Crippen LogP contribution >= 0.6 is 11.6 Å². The highest BCUT2D eigenvalue weighted by molar-refractivity contribution is 7.89. The van der Waals surface area contributed by atoms with Gasteiger partial charge in [0.2, 0.25) is 15.9 Å². The number of hydrogen-bond acceptors (Lipinski definition) is 3. The maximum absolute atomic E-state index is 12.9. The Hall–Kier alpha value is -1.11. The summed E-state index contributed by atoms with van der Waals surface area (Å²) in [5.74, 6) is 0.286. The van der Waals surface area contributed by atoms with E-state index < -0.39 is 16.1 Å². The molecule has 3 atom stereocenters. The van der Waals surface area contributed by atoms with E-state index in [9.17, 15) is 13.2 Å². The molecule has 138 valence electrons. The van der Waals surface area contributed by atoms with Crippen molar-refractivity contribution < 1.29 is 13.2 Å². The van der Waals surface area contributed by atoms with Crippen LogP contribution in [0.15, 0.2) is 29.2 Å². The number of carbonyl (C=O) groups excluding carboxylic acids is 1. The summed E-state index contributed by atoms with van der Waals surface area (Å²) < 4.78 is 27.2. The van der Waals surface area contributed by atoms with Gasteiger partial charge in [-0.2, -0.15) is 4.31 Å². The Labute approximate surface area is 154 Å². The Morgan fingerprint density at radius 2 is 1.80 bits per heavy atom. The van der Waals surface area contributed by atoms with Gasteiger partial charge in [-0.3, -0.25) is 4.79 Å². The lowest BCUT2D eigenvalue weighted by molar-refractivity contribution is -0.125. The molecule has 0 bridgehead atoms. The molecule has 1 aliphatic heterocycles. The van der Waals surface area contributed by atoms with Gasteiger partial charge in [0.05, 0.1) is 4.90 Å². The van der Waals surface area contributed by atoms with Gasteiger partial charge in [0.1, 0.15) is 6.04 Å². The summed E-state index contributed by atoms with van der Waals surface area (Å²) in [5.41, 5.74) is 0. The van der Waals surface area contributed by atoms with Crippen molar-refractivity contribution in [1.82, 2.24) is 9.62 Å². The molecule has 0 unspecified atom stereocenters. The van der Waals surface area contributed by atoms with Crippen LogP contribution in [0.25, 0.3) is 0 Å². The minimum Gasteiger partial charge on any atom is -0.352 e. The number of sulfonamides is 1. The average molecular weight is 385 g/mol. The normalized spacial score (nSPS) is 28.0. The van der Waals surface area contributed by atoms with Gasteiger partial charge in [0, 0.05) is 17.6 Å². The van der Waals surface area contributed by atoms with Gasteiger partial charge in [-0.1, -0.05) is 31.4 Å². The smallest absolute Gasteiger partial charge is 0.243 e. The lowest BCUT2D eigenvalue weighted by atomic mass is 9.86. The van der Waals surface area contributed by atoms with Crippen molar-refractivity contribution in [3.63, 3.8) is 0 Å². The zero-order valence-electron chi connectivity index (χ0n) is 14.4. The summed E-state index contributed by atoms with van der Waals surface area (Å²) in [7, 11) is -3.69. The number of nitrogens with zero attached hydrogens (tertiary/aromatic N) is 1. The SMILES string of the molecule is C[C@@H]1CCCC[C@H]1NC(=O)[C@H]1CCCN1S(=O)(=O)c1ccc(Cl)cc1. The average Bonchev–Trinajstić information content (AvgIpc) is 3.08. The van der Waals surface area contributed by atoms with Crippen molar-refractivity contribution >= 4 is 27.5 Å². The van der Waals surface area contributed by atoms with Gasteiger partial charge in [-0.25, -0.2) is 8.42 Å². The first-order valence-electron chi connectivity index (χ1n) is 8.97. The summed E-state index contributed by atoms with van der Waals surface area (Å²) in [6.07, 6.45) is 5.68. The Kier molecular flexibility index (Phi) is 5.71. The van der Waals surface area contributed by atoms with Gasteiger partial charge >= 0.3 is 0 Å². The number of rotatable bonds is 4. The van der Waals surface area contributed by atoms with E-state index in [0.29, 0.717) is 30.3 Å². The molecule has 1 aliphatic carbocycles. The maximum Gasteiger partial charge on any atom is 0.243 e. The van der Waals surface area contributed by atoms with Crippen molar-refractivity contribution in [1.29, 1.82) is 0 Å². The maximum atomic E-state index is 12.9. The number of halogens is 1. The molecule has 2 aliphatic rings. The van der Waals surface area contributed by atoms with Crippen molar-refractivity contribution in [3.8, 4) is 0 Å². The first-order chi connectivity index (χ1) is 11.9. The predicted octanol–water partition coefficient (Wildman–Crippen LogP) is 3.19. The van der Waals surface area contributed by atoms with Gasteiger partial charge in [-0.05, 0) is 55.9 Å². The van der Waals surface area contributed by atoms with Gasteiger partial charge in [0.25, 0.3) is 0 Å². The highest BCUT2D eigenvalue weighted by Crippen LogP contribution is 2.28. The second-order valence-corrected chi connectivity index (χ2v) is 9.43. The molecule has 1 aromatic rings. The van der Waals surface area contributed by atoms with E-state index in [1.807, 2.05) is 0 Å². The van der Waals surface area contributed by atoms with Gasteiger partial charge < -0.3 is 5.32 Å². The lowest BCUT2D eigenvalue weighted by Gasteiger charge is -2.32. The van der Waals surface area contributed by atoms with Gasteiger partial charge in [-0.15, -0.1) is 0 Å². The summed E-state index contributed by atoms with van der Waals surface area (Å²) >= 11 is 5.85. The standard InChI is InChI=1S/C18H25ClN2O3S/c1-13-5-2-3-6-16(13)20-18(22)17-7-4-12-21(17)25(23,24)15-10-8-14(19)9-11-15/h8-11,13,16-17H,2-7,12H2,1H3,(H,20,22)/t13-,16-,17-/m1/s1. The highest BCUT2D eigenvalue weighted by atomic mass is 35.5. The van der Waals surface area contributed by atoms with Crippen LogP contribution in [0.3, 0.4) is 0 Å². The molecule has 0 aromatic heterocycles. The van der Waals surface area contributed by atoms with E-state index in [4.69, 9.17) is 11.6 Å². The molecule has 0 radical (unpaired) electrons. The molecule has 1 saturated heterocycles. The summed E-state index contributed by atoms with van der Waals surface area (Å²) in [4.78, 5) is 12.9. The minimum atomic E-state index is -3.69. The molecular formula is C18H25ClN2O3S. The van der Waals surface area contributed by atoms with Crippen LogP contribution in [0, 0.1) is 5.92 Å². The molecule has 1 amide bonds. The van der Waals surface area contributed by atoms with E-state index in [1.165, 1.54) is 22.9 Å². The van der Waals surface area contributed by atoms with Crippen molar-refractivity contribution in [2.45, 2.75) is 62.4 Å². The Morgan fingerprint density at radius 3 is 2.48 bits per heavy atom. The van der Waals surface area contributed by atoms with Crippen molar-refractivity contribution in [2.75, 3.05) is 6.54 Å². The number of nitrogens with one attached hydrogen (secondary N) is 1. The quantitative estimate of drug-likeness (QED) is 0.866. The first kappa shape index (κ1) is 18.7. The molecule has 2 fully saturated rings. The van der Waals surface area contributed by atoms with E-state index >= 15 is 0 Å². The van der Waals surface area contributed by atoms with Crippen molar-refractivity contribution in [3.05, 3.63) is 29.3 Å². The van der Waals surface area contributed by atoms with Crippen LogP contribution < -0.4 is 5.32 Å². The number of carbonyl (C=O) groups is 1. The van der Waals surface area contributed by atoms with E-state index in [1.54, 1.807) is 12.1 Å². The fourth-order valence-corrected chi connectivity index (χ4v) is 5.62. The van der Waals surface area contributed by atoms with E-state index in [-0.39, 0.29) is 16.8 Å². The number of amides is 1. The van der Waals surface area contributed by atoms with Crippen LogP contribution in [0.5, 0.6) is 0 Å². The summed E-state index contributed by atoms with van der Waals surface area (Å²) in [5, 5.41) is 3.59. The molecule has 1 saturated carbocycles. The Bertz CT molecular complexity index is 720. The largest absolute Gasteiger partial charge is 0.352 e. The molecular weight excluding hydrogens is 360 g/mol. The molecule has 1 aromatic carbocycles. The molecule has 1 N–H and O–H groups in total. The molecule has 1 heterocycles.